The zero-order valence-electron chi connectivity index (χ0n) is 12.7. The molecule has 1 aliphatic heterocycles. The van der Waals surface area contributed by atoms with Gasteiger partial charge in [0.1, 0.15) is 5.82 Å². The lowest BCUT2D eigenvalue weighted by molar-refractivity contribution is 0.658. The third-order valence-corrected chi connectivity index (χ3v) is 3.81. The van der Waals surface area contributed by atoms with E-state index in [1.807, 2.05) is 0 Å². The molecule has 0 bridgehead atoms. The maximum atomic E-state index is 4.86. The van der Waals surface area contributed by atoms with Crippen LogP contribution in [0.25, 0.3) is 0 Å². The van der Waals surface area contributed by atoms with Gasteiger partial charge in [-0.15, -0.1) is 0 Å². The molecule has 1 aromatic heterocycles. The molecule has 106 valence electrons. The van der Waals surface area contributed by atoms with E-state index in [1.54, 1.807) is 0 Å². The number of pyridine rings is 1. The van der Waals surface area contributed by atoms with Crippen molar-refractivity contribution in [2.45, 2.75) is 46.6 Å². The summed E-state index contributed by atoms with van der Waals surface area (Å²) in [5.74, 6) is 2.45. The first kappa shape index (κ1) is 14.3. The van der Waals surface area contributed by atoms with Gasteiger partial charge in [0, 0.05) is 25.3 Å². The fraction of sp³-hybridized carbons (Fsp3) is 0.688. The second kappa shape index (κ2) is 6.38. The predicted octanol–water partition coefficient (Wildman–Crippen LogP) is 3.16. The Kier molecular flexibility index (Phi) is 4.81. The average molecular weight is 261 g/mol. The molecule has 0 aliphatic carbocycles. The second-order valence-electron chi connectivity index (χ2n) is 6.03. The first-order valence-corrected chi connectivity index (χ1v) is 7.56. The van der Waals surface area contributed by atoms with Crippen molar-refractivity contribution in [1.29, 1.82) is 0 Å². The highest BCUT2D eigenvalue weighted by atomic mass is 15.2. The Bertz CT molecular complexity index is 414. The minimum atomic E-state index is 0.486. The first-order valence-electron chi connectivity index (χ1n) is 7.56. The molecule has 1 aromatic rings. The molecule has 0 amide bonds. The van der Waals surface area contributed by atoms with Gasteiger partial charge in [-0.1, -0.05) is 27.7 Å². The molecule has 1 N–H and O–H groups in total. The van der Waals surface area contributed by atoms with Crippen LogP contribution in [0.15, 0.2) is 12.1 Å². The Labute approximate surface area is 117 Å². The summed E-state index contributed by atoms with van der Waals surface area (Å²) < 4.78 is 0. The molecule has 1 unspecified atom stereocenters. The number of aromatic nitrogens is 1. The molecule has 0 spiro atoms. The summed E-state index contributed by atoms with van der Waals surface area (Å²) in [6.45, 7) is 13.2. The molecule has 0 saturated carbocycles. The number of hydrogen-bond acceptors (Lipinski definition) is 3. The lowest BCUT2D eigenvalue weighted by atomic mass is 10.1. The molecular formula is C16H27N3. The van der Waals surface area contributed by atoms with Gasteiger partial charge >= 0.3 is 0 Å². The average Bonchev–Trinajstić information content (AvgIpc) is 2.82. The number of hydrogen-bond donors (Lipinski definition) is 1. The maximum absolute atomic E-state index is 4.86. The van der Waals surface area contributed by atoms with E-state index in [-0.39, 0.29) is 0 Å². The van der Waals surface area contributed by atoms with Crippen molar-refractivity contribution in [3.05, 3.63) is 23.4 Å². The van der Waals surface area contributed by atoms with Crippen molar-refractivity contribution in [2.75, 3.05) is 24.5 Å². The molecule has 2 rings (SSSR count). The van der Waals surface area contributed by atoms with Gasteiger partial charge in [0.25, 0.3) is 0 Å². The van der Waals surface area contributed by atoms with Crippen molar-refractivity contribution in [3.63, 3.8) is 0 Å². The van der Waals surface area contributed by atoms with Crippen molar-refractivity contribution in [1.82, 2.24) is 10.3 Å². The van der Waals surface area contributed by atoms with Gasteiger partial charge < -0.3 is 10.2 Å². The molecule has 3 nitrogen and oxygen atoms in total. The largest absolute Gasteiger partial charge is 0.356 e. The van der Waals surface area contributed by atoms with Crippen LogP contribution in [0.2, 0.25) is 0 Å². The molecule has 2 heterocycles. The standard InChI is InChI=1S/C16H27N3/c1-5-17-10-14-8-15(12(2)3)18-16(9-14)19-7-6-13(4)11-19/h8-9,12-13,17H,5-7,10-11H2,1-4H3. The van der Waals surface area contributed by atoms with Crippen LogP contribution in [-0.2, 0) is 6.54 Å². The Morgan fingerprint density at radius 2 is 2.21 bits per heavy atom. The van der Waals surface area contributed by atoms with E-state index >= 15 is 0 Å². The molecule has 1 fully saturated rings. The summed E-state index contributed by atoms with van der Waals surface area (Å²) in [7, 11) is 0. The van der Waals surface area contributed by atoms with E-state index in [4.69, 9.17) is 4.98 Å². The van der Waals surface area contributed by atoms with Crippen molar-refractivity contribution >= 4 is 5.82 Å². The highest BCUT2D eigenvalue weighted by Crippen LogP contribution is 2.25. The Morgan fingerprint density at radius 1 is 1.42 bits per heavy atom. The maximum Gasteiger partial charge on any atom is 0.129 e. The molecular weight excluding hydrogens is 234 g/mol. The quantitative estimate of drug-likeness (QED) is 0.882. The van der Waals surface area contributed by atoms with Crippen LogP contribution in [0.3, 0.4) is 0 Å². The molecule has 0 radical (unpaired) electrons. The van der Waals surface area contributed by atoms with E-state index in [2.05, 4.69) is 50.0 Å². The van der Waals surface area contributed by atoms with Crippen LogP contribution in [-0.4, -0.2) is 24.6 Å². The zero-order chi connectivity index (χ0) is 13.8. The topological polar surface area (TPSA) is 28.2 Å². The SMILES string of the molecule is CCNCc1cc(C(C)C)nc(N2CCC(C)C2)c1. The van der Waals surface area contributed by atoms with E-state index in [1.165, 1.54) is 23.5 Å². The fourth-order valence-electron chi connectivity index (χ4n) is 2.57. The van der Waals surface area contributed by atoms with Gasteiger partial charge in [0.05, 0.1) is 0 Å². The van der Waals surface area contributed by atoms with Gasteiger partial charge in [-0.25, -0.2) is 4.98 Å². The normalized spacial score (nSPS) is 19.4. The minimum absolute atomic E-state index is 0.486. The Hall–Kier alpha value is -1.09. The molecule has 1 saturated heterocycles. The Morgan fingerprint density at radius 3 is 2.79 bits per heavy atom. The predicted molar refractivity (Wildman–Crippen MR) is 81.7 cm³/mol. The zero-order valence-corrected chi connectivity index (χ0v) is 12.7. The highest BCUT2D eigenvalue weighted by Gasteiger charge is 2.20. The lowest BCUT2D eigenvalue weighted by Gasteiger charge is -2.20. The summed E-state index contributed by atoms with van der Waals surface area (Å²) in [6.07, 6.45) is 1.29. The summed E-state index contributed by atoms with van der Waals surface area (Å²) in [4.78, 5) is 7.29. The van der Waals surface area contributed by atoms with Gasteiger partial charge in [-0.05, 0) is 42.5 Å². The van der Waals surface area contributed by atoms with E-state index in [9.17, 15) is 0 Å². The molecule has 1 aliphatic rings. The summed E-state index contributed by atoms with van der Waals surface area (Å²) in [6, 6.07) is 4.50. The van der Waals surface area contributed by atoms with E-state index in [0.717, 1.165) is 32.1 Å². The van der Waals surface area contributed by atoms with E-state index < -0.39 is 0 Å². The van der Waals surface area contributed by atoms with Crippen LogP contribution >= 0.6 is 0 Å². The van der Waals surface area contributed by atoms with Crippen molar-refractivity contribution in [3.8, 4) is 0 Å². The van der Waals surface area contributed by atoms with Crippen LogP contribution < -0.4 is 10.2 Å². The fourth-order valence-corrected chi connectivity index (χ4v) is 2.57. The molecule has 3 heteroatoms. The number of rotatable bonds is 5. The first-order chi connectivity index (χ1) is 9.10. The summed E-state index contributed by atoms with van der Waals surface area (Å²) >= 11 is 0. The van der Waals surface area contributed by atoms with E-state index in [0.29, 0.717) is 5.92 Å². The smallest absolute Gasteiger partial charge is 0.129 e. The minimum Gasteiger partial charge on any atom is -0.356 e. The monoisotopic (exact) mass is 261 g/mol. The van der Waals surface area contributed by atoms with Gasteiger partial charge in [-0.2, -0.15) is 0 Å². The Balaban J connectivity index is 2.23. The summed E-state index contributed by atoms with van der Waals surface area (Å²) in [5.41, 5.74) is 2.57. The molecule has 1 atom stereocenters. The van der Waals surface area contributed by atoms with Gasteiger partial charge in [-0.3, -0.25) is 0 Å². The molecule has 0 aromatic carbocycles. The van der Waals surface area contributed by atoms with Crippen LogP contribution in [0, 0.1) is 5.92 Å². The van der Waals surface area contributed by atoms with Crippen LogP contribution in [0.5, 0.6) is 0 Å². The number of nitrogens with one attached hydrogen (secondary N) is 1. The third kappa shape index (κ3) is 3.69. The second-order valence-corrected chi connectivity index (χ2v) is 6.03. The third-order valence-electron chi connectivity index (χ3n) is 3.81. The van der Waals surface area contributed by atoms with Crippen molar-refractivity contribution < 1.29 is 0 Å². The van der Waals surface area contributed by atoms with Crippen LogP contribution in [0.1, 0.15) is 51.3 Å². The highest BCUT2D eigenvalue weighted by molar-refractivity contribution is 5.44. The van der Waals surface area contributed by atoms with Crippen molar-refractivity contribution in [2.24, 2.45) is 5.92 Å². The number of anilines is 1. The number of nitrogens with zero attached hydrogens (tertiary/aromatic N) is 2. The van der Waals surface area contributed by atoms with Gasteiger partial charge in [0.2, 0.25) is 0 Å². The summed E-state index contributed by atoms with van der Waals surface area (Å²) in [5, 5.41) is 3.41. The lowest BCUT2D eigenvalue weighted by Crippen LogP contribution is -2.22. The van der Waals surface area contributed by atoms with Gasteiger partial charge in [0.15, 0.2) is 0 Å². The van der Waals surface area contributed by atoms with Crippen LogP contribution in [0.4, 0.5) is 5.82 Å². The molecule has 19 heavy (non-hydrogen) atoms.